The minimum absolute atomic E-state index is 0.0840. The number of carbonyl (C=O) groups excluding carboxylic acids is 1. The van der Waals surface area contributed by atoms with Crippen molar-refractivity contribution >= 4 is 23.4 Å². The average Bonchev–Trinajstić information content (AvgIpc) is 3.05. The Bertz CT molecular complexity index is 421. The Morgan fingerprint density at radius 3 is 2.94 bits per heavy atom. The molecule has 17 heavy (non-hydrogen) atoms. The SMILES string of the molecule is Nc1cc(F)ccc1SCCC(=O)NC1CC1. The van der Waals surface area contributed by atoms with Gasteiger partial charge in [-0.15, -0.1) is 11.8 Å². The molecule has 1 aromatic rings. The maximum atomic E-state index is 12.8. The van der Waals surface area contributed by atoms with E-state index in [-0.39, 0.29) is 11.7 Å². The molecule has 3 N–H and O–H groups in total. The Hall–Kier alpha value is -1.23. The van der Waals surface area contributed by atoms with Gasteiger partial charge in [-0.05, 0) is 31.0 Å². The van der Waals surface area contributed by atoms with Crippen molar-refractivity contribution in [1.82, 2.24) is 5.32 Å². The van der Waals surface area contributed by atoms with E-state index in [9.17, 15) is 9.18 Å². The van der Waals surface area contributed by atoms with E-state index in [1.54, 1.807) is 6.07 Å². The molecule has 0 radical (unpaired) electrons. The molecule has 0 bridgehead atoms. The Kier molecular flexibility index (Phi) is 3.89. The number of nitrogen functional groups attached to an aromatic ring is 1. The van der Waals surface area contributed by atoms with Crippen LogP contribution in [0.5, 0.6) is 0 Å². The molecule has 1 fully saturated rings. The minimum atomic E-state index is -0.335. The topological polar surface area (TPSA) is 55.1 Å². The minimum Gasteiger partial charge on any atom is -0.398 e. The maximum Gasteiger partial charge on any atom is 0.221 e. The Morgan fingerprint density at radius 1 is 1.53 bits per heavy atom. The second-order valence-electron chi connectivity index (χ2n) is 4.12. The van der Waals surface area contributed by atoms with Gasteiger partial charge in [0.15, 0.2) is 0 Å². The molecule has 2 rings (SSSR count). The van der Waals surface area contributed by atoms with Gasteiger partial charge in [-0.1, -0.05) is 0 Å². The highest BCUT2D eigenvalue weighted by Gasteiger charge is 2.22. The lowest BCUT2D eigenvalue weighted by Gasteiger charge is -2.05. The number of nitrogens with one attached hydrogen (secondary N) is 1. The van der Waals surface area contributed by atoms with E-state index in [1.165, 1.54) is 23.9 Å². The predicted octanol–water partition coefficient (Wildman–Crippen LogP) is 2.17. The van der Waals surface area contributed by atoms with Crippen molar-refractivity contribution in [3.05, 3.63) is 24.0 Å². The summed E-state index contributed by atoms with van der Waals surface area (Å²) >= 11 is 1.48. The molecule has 1 saturated carbocycles. The average molecular weight is 254 g/mol. The van der Waals surface area contributed by atoms with Crippen LogP contribution < -0.4 is 11.1 Å². The number of carbonyl (C=O) groups is 1. The largest absolute Gasteiger partial charge is 0.398 e. The van der Waals surface area contributed by atoms with E-state index in [4.69, 9.17) is 5.73 Å². The van der Waals surface area contributed by atoms with E-state index < -0.39 is 0 Å². The highest BCUT2D eigenvalue weighted by molar-refractivity contribution is 7.99. The van der Waals surface area contributed by atoms with Crippen LogP contribution in [0.1, 0.15) is 19.3 Å². The van der Waals surface area contributed by atoms with Crippen LogP contribution in [0.15, 0.2) is 23.1 Å². The first-order chi connectivity index (χ1) is 8.15. The van der Waals surface area contributed by atoms with Crippen molar-refractivity contribution in [2.24, 2.45) is 0 Å². The van der Waals surface area contributed by atoms with Crippen LogP contribution in [0.4, 0.5) is 10.1 Å². The molecule has 5 heteroatoms. The van der Waals surface area contributed by atoms with Crippen molar-refractivity contribution in [2.75, 3.05) is 11.5 Å². The first kappa shape index (κ1) is 12.2. The molecule has 0 aromatic heterocycles. The van der Waals surface area contributed by atoms with Crippen molar-refractivity contribution in [1.29, 1.82) is 0 Å². The standard InChI is InChI=1S/C12H15FN2OS/c13-8-1-4-11(10(14)7-8)17-6-5-12(16)15-9-2-3-9/h1,4,7,9H,2-3,5-6,14H2,(H,15,16). The summed E-state index contributed by atoms with van der Waals surface area (Å²) in [5, 5.41) is 2.92. The van der Waals surface area contributed by atoms with Crippen LogP contribution >= 0.6 is 11.8 Å². The Morgan fingerprint density at radius 2 is 2.29 bits per heavy atom. The van der Waals surface area contributed by atoms with Crippen molar-refractivity contribution in [3.63, 3.8) is 0 Å². The molecule has 0 atom stereocenters. The second-order valence-corrected chi connectivity index (χ2v) is 5.26. The van der Waals surface area contributed by atoms with Crippen LogP contribution in [0.25, 0.3) is 0 Å². The van der Waals surface area contributed by atoms with Crippen molar-refractivity contribution in [2.45, 2.75) is 30.2 Å². The zero-order chi connectivity index (χ0) is 12.3. The van der Waals surface area contributed by atoms with Gasteiger partial charge in [0.1, 0.15) is 5.82 Å². The van der Waals surface area contributed by atoms with Gasteiger partial charge >= 0.3 is 0 Å². The third kappa shape index (κ3) is 3.93. The summed E-state index contributed by atoms with van der Waals surface area (Å²) in [7, 11) is 0. The summed E-state index contributed by atoms with van der Waals surface area (Å²) in [4.78, 5) is 12.2. The molecule has 92 valence electrons. The highest BCUT2D eigenvalue weighted by Crippen LogP contribution is 2.26. The van der Waals surface area contributed by atoms with Gasteiger partial charge in [0.25, 0.3) is 0 Å². The number of anilines is 1. The molecule has 0 saturated heterocycles. The van der Waals surface area contributed by atoms with E-state index in [2.05, 4.69) is 5.32 Å². The first-order valence-corrected chi connectivity index (χ1v) is 6.61. The van der Waals surface area contributed by atoms with Crippen LogP contribution in [-0.4, -0.2) is 17.7 Å². The summed E-state index contributed by atoms with van der Waals surface area (Å²) in [6.07, 6.45) is 2.67. The number of rotatable bonds is 5. The first-order valence-electron chi connectivity index (χ1n) is 5.62. The molecule has 1 amide bonds. The number of halogens is 1. The fourth-order valence-corrected chi connectivity index (χ4v) is 2.33. The number of hydrogen-bond acceptors (Lipinski definition) is 3. The maximum absolute atomic E-state index is 12.8. The summed E-state index contributed by atoms with van der Waals surface area (Å²) in [5.41, 5.74) is 6.10. The number of hydrogen-bond donors (Lipinski definition) is 2. The predicted molar refractivity (Wildman–Crippen MR) is 67.3 cm³/mol. The monoisotopic (exact) mass is 254 g/mol. The van der Waals surface area contributed by atoms with Gasteiger partial charge in [0.05, 0.1) is 0 Å². The summed E-state index contributed by atoms with van der Waals surface area (Å²) in [5.74, 6) is 0.410. The van der Waals surface area contributed by atoms with Crippen molar-refractivity contribution < 1.29 is 9.18 Å². The molecule has 0 unspecified atom stereocenters. The van der Waals surface area contributed by atoms with Crippen LogP contribution in [0, 0.1) is 5.82 Å². The molecule has 1 aliphatic carbocycles. The smallest absolute Gasteiger partial charge is 0.221 e. The lowest BCUT2D eigenvalue weighted by molar-refractivity contribution is -0.120. The van der Waals surface area contributed by atoms with E-state index in [0.29, 0.717) is 23.9 Å². The number of nitrogens with two attached hydrogens (primary N) is 1. The zero-order valence-electron chi connectivity index (χ0n) is 9.41. The second kappa shape index (κ2) is 5.40. The Balaban J connectivity index is 1.75. The van der Waals surface area contributed by atoms with Gasteiger partial charge in [-0.2, -0.15) is 0 Å². The van der Waals surface area contributed by atoms with Crippen LogP contribution in [0.2, 0.25) is 0 Å². The molecular formula is C12H15FN2OS. The van der Waals surface area contributed by atoms with Crippen LogP contribution in [-0.2, 0) is 4.79 Å². The van der Waals surface area contributed by atoms with E-state index in [0.717, 1.165) is 17.7 Å². The highest BCUT2D eigenvalue weighted by atomic mass is 32.2. The molecule has 3 nitrogen and oxygen atoms in total. The van der Waals surface area contributed by atoms with Gasteiger partial charge in [0.2, 0.25) is 5.91 Å². The third-order valence-electron chi connectivity index (χ3n) is 2.50. The summed E-state index contributed by atoms with van der Waals surface area (Å²) in [6.45, 7) is 0. The normalized spacial score (nSPS) is 14.6. The fraction of sp³-hybridized carbons (Fsp3) is 0.417. The molecule has 1 aromatic carbocycles. The zero-order valence-corrected chi connectivity index (χ0v) is 10.2. The van der Waals surface area contributed by atoms with Crippen molar-refractivity contribution in [3.8, 4) is 0 Å². The molecule has 0 heterocycles. The van der Waals surface area contributed by atoms with Gasteiger partial charge in [-0.3, -0.25) is 4.79 Å². The van der Waals surface area contributed by atoms with E-state index >= 15 is 0 Å². The molecular weight excluding hydrogens is 239 g/mol. The molecule has 0 aliphatic heterocycles. The van der Waals surface area contributed by atoms with Gasteiger partial charge in [0, 0.05) is 28.8 Å². The quantitative estimate of drug-likeness (QED) is 0.625. The third-order valence-corrected chi connectivity index (χ3v) is 3.59. The Labute approximate surface area is 104 Å². The summed E-state index contributed by atoms with van der Waals surface area (Å²) in [6, 6.07) is 4.73. The lowest BCUT2D eigenvalue weighted by atomic mass is 10.3. The van der Waals surface area contributed by atoms with Gasteiger partial charge in [-0.25, -0.2) is 4.39 Å². The molecule has 0 spiro atoms. The number of benzene rings is 1. The fourth-order valence-electron chi connectivity index (χ4n) is 1.43. The number of amides is 1. The van der Waals surface area contributed by atoms with Crippen LogP contribution in [0.3, 0.4) is 0 Å². The summed E-state index contributed by atoms with van der Waals surface area (Å²) < 4.78 is 12.8. The lowest BCUT2D eigenvalue weighted by Crippen LogP contribution is -2.25. The van der Waals surface area contributed by atoms with Gasteiger partial charge < -0.3 is 11.1 Å². The molecule has 1 aliphatic rings. The number of thioether (sulfide) groups is 1. The van der Waals surface area contributed by atoms with E-state index in [1.807, 2.05) is 0 Å².